The van der Waals surface area contributed by atoms with Crippen molar-refractivity contribution in [2.75, 3.05) is 18.8 Å². The third kappa shape index (κ3) is 5.62. The number of hydrogen-bond donors (Lipinski definition) is 4. The van der Waals surface area contributed by atoms with E-state index in [-0.39, 0.29) is 17.6 Å². The summed E-state index contributed by atoms with van der Waals surface area (Å²) < 4.78 is 0. The average Bonchev–Trinajstić information content (AvgIpc) is 3.54. The van der Waals surface area contributed by atoms with E-state index < -0.39 is 5.91 Å². The monoisotopic (exact) mass is 379 g/mol. The van der Waals surface area contributed by atoms with Crippen LogP contribution in [0.25, 0.3) is 0 Å². The van der Waals surface area contributed by atoms with E-state index in [2.05, 4.69) is 25.6 Å². The summed E-state index contributed by atoms with van der Waals surface area (Å²) in [5, 5.41) is 6.14. The van der Waals surface area contributed by atoms with Crippen LogP contribution in [0.5, 0.6) is 0 Å². The lowest BCUT2D eigenvalue weighted by molar-refractivity contribution is 0.0963. The van der Waals surface area contributed by atoms with Gasteiger partial charge in [-0.05, 0) is 30.9 Å². The molecule has 1 aliphatic rings. The van der Waals surface area contributed by atoms with Crippen molar-refractivity contribution in [1.82, 2.24) is 20.6 Å². The lowest BCUT2D eigenvalue weighted by atomic mass is 10.1. The molecule has 1 aromatic heterocycles. The van der Waals surface area contributed by atoms with Gasteiger partial charge in [0.15, 0.2) is 11.5 Å². The van der Waals surface area contributed by atoms with E-state index in [0.717, 1.165) is 18.0 Å². The first-order chi connectivity index (χ1) is 13.7. The largest absolute Gasteiger partial charge is 0.403 e. The Morgan fingerprint density at radius 3 is 2.68 bits per heavy atom. The molecule has 0 aliphatic heterocycles. The molecule has 0 bridgehead atoms. The Kier molecular flexibility index (Phi) is 6.69. The fourth-order valence-corrected chi connectivity index (χ4v) is 2.68. The van der Waals surface area contributed by atoms with Gasteiger partial charge in [0.1, 0.15) is 0 Å². The van der Waals surface area contributed by atoms with E-state index in [1.807, 2.05) is 30.3 Å². The minimum Gasteiger partial charge on any atom is -0.403 e. The number of benzene rings is 1. The van der Waals surface area contributed by atoms with Crippen molar-refractivity contribution in [3.8, 4) is 0 Å². The molecule has 6 N–H and O–H groups in total. The van der Waals surface area contributed by atoms with Gasteiger partial charge < -0.3 is 22.1 Å². The second kappa shape index (κ2) is 9.61. The van der Waals surface area contributed by atoms with Crippen molar-refractivity contribution in [3.63, 3.8) is 0 Å². The molecule has 2 aromatic rings. The Morgan fingerprint density at radius 1 is 1.25 bits per heavy atom. The maximum Gasteiger partial charge on any atom is 0.278 e. The Labute approximate surface area is 164 Å². The summed E-state index contributed by atoms with van der Waals surface area (Å²) in [5.41, 5.74) is 12.8. The van der Waals surface area contributed by atoms with E-state index >= 15 is 0 Å². The number of carbonyl (C=O) groups is 1. The topological polar surface area (TPSA) is 131 Å². The normalized spacial score (nSPS) is 15.5. The number of allylic oxidation sites excluding steroid dienone is 1. The summed E-state index contributed by atoms with van der Waals surface area (Å²) >= 11 is 0. The SMILES string of the molecule is NC=C(C=NC(CNCC1CC1)c1ccccc1)NC(=O)c1nccnc1N. The van der Waals surface area contributed by atoms with Crippen molar-refractivity contribution in [2.45, 2.75) is 18.9 Å². The van der Waals surface area contributed by atoms with Crippen molar-refractivity contribution in [3.05, 3.63) is 65.9 Å². The van der Waals surface area contributed by atoms with Crippen LogP contribution in [0.3, 0.4) is 0 Å². The molecule has 1 saturated carbocycles. The molecule has 0 spiro atoms. The highest BCUT2D eigenvalue weighted by Gasteiger charge is 2.21. The Balaban J connectivity index is 1.66. The maximum absolute atomic E-state index is 12.3. The third-order valence-electron chi connectivity index (χ3n) is 4.42. The number of nitrogens with one attached hydrogen (secondary N) is 2. The van der Waals surface area contributed by atoms with Crippen molar-refractivity contribution >= 4 is 17.9 Å². The molecule has 1 aromatic carbocycles. The molecule has 8 nitrogen and oxygen atoms in total. The van der Waals surface area contributed by atoms with Gasteiger partial charge in [-0.2, -0.15) is 0 Å². The van der Waals surface area contributed by atoms with E-state index in [9.17, 15) is 4.79 Å². The predicted molar refractivity (Wildman–Crippen MR) is 109 cm³/mol. The lowest BCUT2D eigenvalue weighted by Gasteiger charge is -2.14. The Bertz CT molecular complexity index is 847. The van der Waals surface area contributed by atoms with Crippen LogP contribution < -0.4 is 22.1 Å². The quantitative estimate of drug-likeness (QED) is 0.487. The molecular formula is C20H25N7O. The molecule has 0 radical (unpaired) electrons. The van der Waals surface area contributed by atoms with Crippen LogP contribution in [0.2, 0.25) is 0 Å². The number of anilines is 1. The van der Waals surface area contributed by atoms with Gasteiger partial charge in [0.25, 0.3) is 5.91 Å². The van der Waals surface area contributed by atoms with Crippen LogP contribution in [0.1, 0.15) is 34.9 Å². The number of nitrogen functional groups attached to an aromatic ring is 1. The fraction of sp³-hybridized carbons (Fsp3) is 0.300. The fourth-order valence-electron chi connectivity index (χ4n) is 2.68. The van der Waals surface area contributed by atoms with Gasteiger partial charge in [-0.15, -0.1) is 0 Å². The number of carbonyl (C=O) groups excluding carboxylic acids is 1. The maximum atomic E-state index is 12.3. The third-order valence-corrected chi connectivity index (χ3v) is 4.42. The van der Waals surface area contributed by atoms with E-state index in [1.165, 1.54) is 31.4 Å². The van der Waals surface area contributed by atoms with E-state index in [0.29, 0.717) is 12.2 Å². The van der Waals surface area contributed by atoms with Gasteiger partial charge in [-0.1, -0.05) is 30.3 Å². The van der Waals surface area contributed by atoms with Gasteiger partial charge in [0, 0.05) is 31.4 Å². The first kappa shape index (κ1) is 19.5. The minimum absolute atomic E-state index is 0.0426. The van der Waals surface area contributed by atoms with Crippen LogP contribution >= 0.6 is 0 Å². The van der Waals surface area contributed by atoms with Gasteiger partial charge in [0.2, 0.25) is 0 Å². The van der Waals surface area contributed by atoms with E-state index in [4.69, 9.17) is 11.5 Å². The second-order valence-corrected chi connectivity index (χ2v) is 6.67. The first-order valence-corrected chi connectivity index (χ1v) is 9.26. The molecule has 1 fully saturated rings. The smallest absolute Gasteiger partial charge is 0.278 e. The number of aliphatic imine (C=N–C) groups is 1. The predicted octanol–water partition coefficient (Wildman–Crippen LogP) is 1.40. The average molecular weight is 379 g/mol. The highest BCUT2D eigenvalue weighted by Crippen LogP contribution is 2.27. The second-order valence-electron chi connectivity index (χ2n) is 6.67. The standard InChI is InChI=1S/C20H25N7O/c21-10-16(27-20(28)18-19(22)25-9-8-24-18)12-26-17(13-23-11-14-6-7-14)15-4-2-1-3-5-15/h1-5,8-10,12,14,17,23H,6-7,11,13,21H2,(H2,22,25)(H,27,28). The molecule has 28 heavy (non-hydrogen) atoms. The van der Waals surface area contributed by atoms with E-state index in [1.54, 1.807) is 6.21 Å². The number of nitrogens with zero attached hydrogens (tertiary/aromatic N) is 3. The summed E-state index contributed by atoms with van der Waals surface area (Å²) in [6, 6.07) is 9.91. The molecule has 146 valence electrons. The van der Waals surface area contributed by atoms with Crippen molar-refractivity contribution in [2.24, 2.45) is 16.6 Å². The molecule has 1 aliphatic carbocycles. The highest BCUT2D eigenvalue weighted by molar-refractivity contribution is 6.00. The molecule has 3 rings (SSSR count). The summed E-state index contributed by atoms with van der Waals surface area (Å²) in [6.45, 7) is 1.71. The van der Waals surface area contributed by atoms with Crippen molar-refractivity contribution < 1.29 is 4.79 Å². The summed E-state index contributed by atoms with van der Waals surface area (Å²) in [6.07, 6.45) is 8.26. The molecular weight excluding hydrogens is 354 g/mol. The van der Waals surface area contributed by atoms with Crippen LogP contribution in [0.15, 0.2) is 59.6 Å². The summed E-state index contributed by atoms with van der Waals surface area (Å²) in [5.74, 6) is 0.355. The number of rotatable bonds is 9. The minimum atomic E-state index is -0.489. The van der Waals surface area contributed by atoms with Gasteiger partial charge >= 0.3 is 0 Å². The molecule has 1 amide bonds. The zero-order valence-corrected chi connectivity index (χ0v) is 15.6. The lowest BCUT2D eigenvalue weighted by Crippen LogP contribution is -2.27. The number of nitrogens with two attached hydrogens (primary N) is 2. The number of aromatic nitrogens is 2. The first-order valence-electron chi connectivity index (χ1n) is 9.26. The molecule has 8 heteroatoms. The molecule has 1 heterocycles. The Hall–Kier alpha value is -3.26. The summed E-state index contributed by atoms with van der Waals surface area (Å²) in [7, 11) is 0. The van der Waals surface area contributed by atoms with Crippen LogP contribution in [0.4, 0.5) is 5.82 Å². The molecule has 1 atom stereocenters. The van der Waals surface area contributed by atoms with Crippen LogP contribution in [-0.4, -0.2) is 35.2 Å². The number of amides is 1. The molecule has 0 saturated heterocycles. The molecule has 1 unspecified atom stereocenters. The zero-order valence-electron chi connectivity index (χ0n) is 15.6. The zero-order chi connectivity index (χ0) is 19.8. The van der Waals surface area contributed by atoms with Gasteiger partial charge in [0.05, 0.1) is 11.7 Å². The summed E-state index contributed by atoms with van der Waals surface area (Å²) in [4.78, 5) is 24.8. The van der Waals surface area contributed by atoms with Gasteiger partial charge in [-0.3, -0.25) is 9.79 Å². The van der Waals surface area contributed by atoms with Crippen molar-refractivity contribution in [1.29, 1.82) is 0 Å². The van der Waals surface area contributed by atoms with Crippen LogP contribution in [-0.2, 0) is 0 Å². The highest BCUT2D eigenvalue weighted by atomic mass is 16.1. The Morgan fingerprint density at radius 2 is 2.00 bits per heavy atom. The van der Waals surface area contributed by atoms with Crippen LogP contribution in [0, 0.1) is 5.92 Å². The van der Waals surface area contributed by atoms with Gasteiger partial charge in [-0.25, -0.2) is 9.97 Å². The number of hydrogen-bond acceptors (Lipinski definition) is 7.